The van der Waals surface area contributed by atoms with Gasteiger partial charge in [-0.2, -0.15) is 0 Å². The van der Waals surface area contributed by atoms with E-state index in [1.165, 1.54) is 54.5 Å². The van der Waals surface area contributed by atoms with Gasteiger partial charge in [-0.25, -0.2) is 0 Å². The van der Waals surface area contributed by atoms with Gasteiger partial charge in [-0.1, -0.05) is 61.4 Å². The fraction of sp³-hybridized carbons (Fsp3) is 0.576. The van der Waals surface area contributed by atoms with E-state index >= 15 is 0 Å². The van der Waals surface area contributed by atoms with Gasteiger partial charge < -0.3 is 9.47 Å². The van der Waals surface area contributed by atoms with E-state index in [1.54, 1.807) is 22.9 Å². The van der Waals surface area contributed by atoms with E-state index in [2.05, 4.69) is 67.8 Å². The second kappa shape index (κ2) is 9.03. The van der Waals surface area contributed by atoms with Crippen molar-refractivity contribution in [3.8, 4) is 11.1 Å². The average Bonchev–Trinajstić information content (AvgIpc) is 3.54. The van der Waals surface area contributed by atoms with Gasteiger partial charge in [-0.3, -0.25) is 0 Å². The van der Waals surface area contributed by atoms with Gasteiger partial charge in [0, 0.05) is 17.7 Å². The fourth-order valence-corrected chi connectivity index (χ4v) is 9.59. The molecule has 7 rings (SSSR count). The number of benzene rings is 2. The SMILES string of the molecule is CSc1ccc(-c2ccc([C@H]3C[C@]4(C)CCC[C@H]4[C@@H]4CC=C5CC6(CC[C@@H]5[C@H]43)OCCO6)cc2)cc1. The van der Waals surface area contributed by atoms with E-state index in [9.17, 15) is 0 Å². The van der Waals surface area contributed by atoms with Gasteiger partial charge in [-0.15, -0.1) is 11.8 Å². The van der Waals surface area contributed by atoms with Crippen molar-refractivity contribution in [2.45, 2.75) is 74.9 Å². The maximum Gasteiger partial charge on any atom is 0.172 e. The zero-order valence-corrected chi connectivity index (χ0v) is 22.7. The third kappa shape index (κ3) is 3.84. The van der Waals surface area contributed by atoms with Crippen molar-refractivity contribution in [1.82, 2.24) is 0 Å². The summed E-state index contributed by atoms with van der Waals surface area (Å²) in [5, 5.41) is 0. The van der Waals surface area contributed by atoms with E-state index < -0.39 is 0 Å². The van der Waals surface area contributed by atoms with Crippen LogP contribution in [-0.2, 0) is 9.47 Å². The first kappa shape index (κ1) is 23.6. The number of rotatable bonds is 3. The Labute approximate surface area is 221 Å². The molecule has 2 aromatic rings. The molecule has 0 aromatic heterocycles. The molecular formula is C33H40O2S. The minimum absolute atomic E-state index is 0.311. The van der Waals surface area contributed by atoms with Crippen LogP contribution in [0.3, 0.4) is 0 Å². The third-order valence-corrected chi connectivity index (χ3v) is 11.5. The average molecular weight is 501 g/mol. The Kier molecular flexibility index (Phi) is 5.91. The van der Waals surface area contributed by atoms with Crippen molar-refractivity contribution in [3.05, 3.63) is 65.7 Å². The molecule has 1 heterocycles. The van der Waals surface area contributed by atoms with Gasteiger partial charge in [0.15, 0.2) is 5.79 Å². The molecule has 4 fully saturated rings. The standard InChI is InChI=1S/C33H40O2S/c1-32-16-3-4-30(32)28-14-11-25-20-33(34-18-19-35-33)17-15-27(25)31(28)29(21-32)24-7-5-22(6-8-24)23-9-12-26(36-2)13-10-23/h5-13,27-31H,3-4,14-21H2,1-2H3/t27-,28-,29+,30-,31+,32-/m0/s1. The highest BCUT2D eigenvalue weighted by Crippen LogP contribution is 2.65. The zero-order valence-electron chi connectivity index (χ0n) is 21.9. The van der Waals surface area contributed by atoms with Crippen LogP contribution in [-0.4, -0.2) is 25.3 Å². The number of hydrogen-bond acceptors (Lipinski definition) is 3. The Morgan fingerprint density at radius 3 is 2.31 bits per heavy atom. The van der Waals surface area contributed by atoms with E-state index in [0.29, 0.717) is 17.3 Å². The number of ether oxygens (including phenoxy) is 2. The molecule has 3 saturated carbocycles. The molecule has 0 amide bonds. The van der Waals surface area contributed by atoms with Crippen LogP contribution < -0.4 is 0 Å². The summed E-state index contributed by atoms with van der Waals surface area (Å²) in [7, 11) is 0. The van der Waals surface area contributed by atoms with Crippen LogP contribution in [0.25, 0.3) is 11.1 Å². The van der Waals surface area contributed by atoms with E-state index in [-0.39, 0.29) is 5.79 Å². The van der Waals surface area contributed by atoms with E-state index in [0.717, 1.165) is 43.8 Å². The fourth-order valence-electron chi connectivity index (χ4n) is 9.18. The minimum Gasteiger partial charge on any atom is -0.347 e. The van der Waals surface area contributed by atoms with Crippen molar-refractivity contribution in [1.29, 1.82) is 0 Å². The van der Waals surface area contributed by atoms with Gasteiger partial charge in [0.2, 0.25) is 0 Å². The number of allylic oxidation sites excluding steroid dienone is 1. The Hall–Kier alpha value is -1.55. The molecule has 0 N–H and O–H groups in total. The molecule has 0 unspecified atom stereocenters. The topological polar surface area (TPSA) is 18.5 Å². The molecule has 2 nitrogen and oxygen atoms in total. The molecule has 190 valence electrons. The Morgan fingerprint density at radius 2 is 1.58 bits per heavy atom. The molecule has 6 atom stereocenters. The van der Waals surface area contributed by atoms with Gasteiger partial charge in [0.05, 0.1) is 13.2 Å². The van der Waals surface area contributed by atoms with Crippen LogP contribution in [0.2, 0.25) is 0 Å². The summed E-state index contributed by atoms with van der Waals surface area (Å²) < 4.78 is 12.3. The van der Waals surface area contributed by atoms with Crippen LogP contribution in [0.15, 0.2) is 65.1 Å². The van der Waals surface area contributed by atoms with Crippen molar-refractivity contribution in [2.24, 2.45) is 29.1 Å². The molecule has 1 aliphatic heterocycles. The molecule has 1 saturated heterocycles. The molecule has 0 radical (unpaired) electrons. The predicted molar refractivity (Wildman–Crippen MR) is 148 cm³/mol. The Balaban J connectivity index is 1.21. The molecular weight excluding hydrogens is 460 g/mol. The predicted octanol–water partition coefficient (Wildman–Crippen LogP) is 8.47. The molecule has 4 aliphatic carbocycles. The number of thioether (sulfide) groups is 1. The summed E-state index contributed by atoms with van der Waals surface area (Å²) in [4.78, 5) is 1.33. The quantitative estimate of drug-likeness (QED) is 0.311. The van der Waals surface area contributed by atoms with Crippen LogP contribution in [0.5, 0.6) is 0 Å². The van der Waals surface area contributed by atoms with Crippen LogP contribution in [0, 0.1) is 29.1 Å². The third-order valence-electron chi connectivity index (χ3n) is 10.8. The van der Waals surface area contributed by atoms with Gasteiger partial charge in [-0.05, 0) is 102 Å². The van der Waals surface area contributed by atoms with Crippen LogP contribution in [0.4, 0.5) is 0 Å². The van der Waals surface area contributed by atoms with Crippen LogP contribution >= 0.6 is 11.8 Å². The van der Waals surface area contributed by atoms with Gasteiger partial charge >= 0.3 is 0 Å². The number of hydrogen-bond donors (Lipinski definition) is 0. The molecule has 2 aromatic carbocycles. The Morgan fingerprint density at radius 1 is 0.861 bits per heavy atom. The maximum atomic E-state index is 6.17. The lowest BCUT2D eigenvalue weighted by molar-refractivity contribution is -0.176. The molecule has 36 heavy (non-hydrogen) atoms. The van der Waals surface area contributed by atoms with Crippen LogP contribution in [0.1, 0.15) is 69.8 Å². The van der Waals surface area contributed by atoms with Gasteiger partial charge in [0.1, 0.15) is 0 Å². The molecule has 3 heteroatoms. The monoisotopic (exact) mass is 500 g/mol. The van der Waals surface area contributed by atoms with Crippen molar-refractivity contribution < 1.29 is 9.47 Å². The first-order chi connectivity index (χ1) is 17.6. The summed E-state index contributed by atoms with van der Waals surface area (Å²) in [5.41, 5.74) is 6.40. The van der Waals surface area contributed by atoms with E-state index in [4.69, 9.17) is 9.47 Å². The summed E-state index contributed by atoms with van der Waals surface area (Å²) >= 11 is 1.81. The summed E-state index contributed by atoms with van der Waals surface area (Å²) in [6.07, 6.45) is 15.0. The zero-order chi connectivity index (χ0) is 24.3. The van der Waals surface area contributed by atoms with Crippen molar-refractivity contribution in [3.63, 3.8) is 0 Å². The highest BCUT2D eigenvalue weighted by atomic mass is 32.2. The summed E-state index contributed by atoms with van der Waals surface area (Å²) in [5.74, 6) is 3.57. The highest BCUT2D eigenvalue weighted by molar-refractivity contribution is 7.98. The lowest BCUT2D eigenvalue weighted by Crippen LogP contribution is -2.49. The minimum atomic E-state index is -0.311. The summed E-state index contributed by atoms with van der Waals surface area (Å²) in [6, 6.07) is 18.7. The number of fused-ring (bicyclic) bond motifs is 5. The molecule has 5 aliphatic rings. The second-order valence-electron chi connectivity index (χ2n) is 12.5. The van der Waals surface area contributed by atoms with Gasteiger partial charge in [0.25, 0.3) is 0 Å². The molecule has 0 bridgehead atoms. The lowest BCUT2D eigenvalue weighted by atomic mass is 9.48. The Bertz CT molecular complexity index is 1130. The smallest absolute Gasteiger partial charge is 0.172 e. The maximum absolute atomic E-state index is 6.17. The second-order valence-corrected chi connectivity index (χ2v) is 13.4. The highest BCUT2D eigenvalue weighted by Gasteiger charge is 2.57. The largest absolute Gasteiger partial charge is 0.347 e. The summed E-state index contributed by atoms with van der Waals surface area (Å²) in [6.45, 7) is 4.16. The van der Waals surface area contributed by atoms with Crippen molar-refractivity contribution in [2.75, 3.05) is 19.5 Å². The lowest BCUT2D eigenvalue weighted by Gasteiger charge is -2.57. The van der Waals surface area contributed by atoms with Crippen molar-refractivity contribution >= 4 is 11.8 Å². The first-order valence-electron chi connectivity index (χ1n) is 14.3. The van der Waals surface area contributed by atoms with E-state index in [1.807, 2.05) is 0 Å². The molecule has 1 spiro atoms. The normalized spacial score (nSPS) is 36.7. The first-order valence-corrected chi connectivity index (χ1v) is 15.5.